The first-order chi connectivity index (χ1) is 5.11. The maximum Gasteiger partial charge on any atom is 0.321 e. The van der Waals surface area contributed by atoms with Crippen LogP contribution in [0.3, 0.4) is 0 Å². The summed E-state index contributed by atoms with van der Waals surface area (Å²) in [7, 11) is 0. The van der Waals surface area contributed by atoms with Gasteiger partial charge in [0.1, 0.15) is 4.99 Å². The Kier molecular flexibility index (Phi) is 1.86. The SMILES string of the molecule is NC(=S)c1ccc([N+](=O)[O-])[nH]1. The van der Waals surface area contributed by atoms with Crippen LogP contribution >= 0.6 is 12.2 Å². The molecule has 0 aliphatic carbocycles. The summed E-state index contributed by atoms with van der Waals surface area (Å²) in [6.07, 6.45) is 0. The minimum atomic E-state index is -0.540. The zero-order valence-corrected chi connectivity index (χ0v) is 6.22. The van der Waals surface area contributed by atoms with Gasteiger partial charge in [-0.3, -0.25) is 0 Å². The molecule has 6 heteroatoms. The van der Waals surface area contributed by atoms with Crippen molar-refractivity contribution in [3.63, 3.8) is 0 Å². The Balaban J connectivity index is 2.99. The second-order valence-corrected chi connectivity index (χ2v) is 2.32. The summed E-state index contributed by atoms with van der Waals surface area (Å²) in [5, 5.41) is 10.1. The fraction of sp³-hybridized carbons (Fsp3) is 0. The first-order valence-electron chi connectivity index (χ1n) is 2.74. The fourth-order valence-corrected chi connectivity index (χ4v) is 0.753. The summed E-state index contributed by atoms with van der Waals surface area (Å²) >= 11 is 4.59. The third-order valence-corrected chi connectivity index (χ3v) is 1.35. The summed E-state index contributed by atoms with van der Waals surface area (Å²) in [6, 6.07) is 2.79. The van der Waals surface area contributed by atoms with E-state index in [0.29, 0.717) is 5.69 Å². The molecule has 1 heterocycles. The van der Waals surface area contributed by atoms with E-state index < -0.39 is 4.92 Å². The van der Waals surface area contributed by atoms with Crippen molar-refractivity contribution in [3.8, 4) is 0 Å². The fourth-order valence-electron chi connectivity index (χ4n) is 0.634. The largest absolute Gasteiger partial charge is 0.386 e. The Bertz CT molecular complexity index is 278. The van der Waals surface area contributed by atoms with Crippen LogP contribution < -0.4 is 5.73 Å². The Morgan fingerprint density at radius 3 is 2.64 bits per heavy atom. The van der Waals surface area contributed by atoms with E-state index in [1.165, 1.54) is 12.1 Å². The Morgan fingerprint density at radius 2 is 2.36 bits per heavy atom. The van der Waals surface area contributed by atoms with Crippen LogP contribution in [-0.4, -0.2) is 14.9 Å². The summed E-state index contributed by atoms with van der Waals surface area (Å²) < 4.78 is 0. The molecule has 3 N–H and O–H groups in total. The molecule has 1 aromatic rings. The normalized spacial score (nSPS) is 9.45. The van der Waals surface area contributed by atoms with Crippen molar-refractivity contribution in [1.29, 1.82) is 0 Å². The van der Waals surface area contributed by atoms with E-state index >= 15 is 0 Å². The smallest absolute Gasteiger partial charge is 0.321 e. The van der Waals surface area contributed by atoms with E-state index in [4.69, 9.17) is 5.73 Å². The lowest BCUT2D eigenvalue weighted by atomic mass is 10.4. The second-order valence-electron chi connectivity index (χ2n) is 1.88. The maximum absolute atomic E-state index is 10.1. The van der Waals surface area contributed by atoms with Crippen molar-refractivity contribution in [2.24, 2.45) is 5.73 Å². The van der Waals surface area contributed by atoms with Crippen LogP contribution in [-0.2, 0) is 0 Å². The Morgan fingerprint density at radius 1 is 1.73 bits per heavy atom. The first-order valence-corrected chi connectivity index (χ1v) is 3.15. The molecule has 0 fully saturated rings. The minimum absolute atomic E-state index is 0.104. The van der Waals surface area contributed by atoms with Gasteiger partial charge >= 0.3 is 5.82 Å². The number of aromatic nitrogens is 1. The highest BCUT2D eigenvalue weighted by atomic mass is 32.1. The van der Waals surface area contributed by atoms with Gasteiger partial charge in [0.25, 0.3) is 0 Å². The molecule has 0 aromatic carbocycles. The van der Waals surface area contributed by atoms with Crippen LogP contribution in [0.2, 0.25) is 0 Å². The van der Waals surface area contributed by atoms with Gasteiger partial charge in [0.05, 0.1) is 0 Å². The number of hydrogen-bond acceptors (Lipinski definition) is 3. The number of aromatic amines is 1. The number of nitrogens with one attached hydrogen (secondary N) is 1. The van der Waals surface area contributed by atoms with Crippen molar-refractivity contribution < 1.29 is 4.92 Å². The van der Waals surface area contributed by atoms with Gasteiger partial charge in [0.2, 0.25) is 0 Å². The highest BCUT2D eigenvalue weighted by Gasteiger charge is 2.08. The number of thiocarbonyl (C=S) groups is 1. The standard InChI is InChI=1S/C5H5N3O2S/c6-5(11)3-1-2-4(7-3)8(9)10/h1-2,7H,(H2,6,11). The summed E-state index contributed by atoms with van der Waals surface area (Å²) in [4.78, 5) is 12.2. The molecule has 0 saturated heterocycles. The molecule has 0 aliphatic heterocycles. The molecule has 0 unspecified atom stereocenters. The van der Waals surface area contributed by atoms with E-state index in [1.54, 1.807) is 0 Å². The van der Waals surface area contributed by atoms with E-state index in [2.05, 4.69) is 17.2 Å². The molecule has 0 saturated carbocycles. The highest BCUT2D eigenvalue weighted by Crippen LogP contribution is 2.08. The van der Waals surface area contributed by atoms with Gasteiger partial charge in [-0.15, -0.1) is 0 Å². The quantitative estimate of drug-likeness (QED) is 0.386. The Labute approximate surface area is 67.4 Å². The first kappa shape index (κ1) is 7.67. The minimum Gasteiger partial charge on any atom is -0.386 e. The third kappa shape index (κ3) is 1.53. The number of nitrogens with zero attached hydrogens (tertiary/aromatic N) is 1. The maximum atomic E-state index is 10.1. The highest BCUT2D eigenvalue weighted by molar-refractivity contribution is 7.80. The molecule has 0 bridgehead atoms. The summed E-state index contributed by atoms with van der Waals surface area (Å²) in [5.74, 6) is -0.104. The van der Waals surface area contributed by atoms with Crippen LogP contribution in [0, 0.1) is 10.1 Å². The summed E-state index contributed by atoms with van der Waals surface area (Å²) in [6.45, 7) is 0. The zero-order chi connectivity index (χ0) is 8.43. The van der Waals surface area contributed by atoms with Gasteiger partial charge in [-0.1, -0.05) is 12.2 Å². The number of nitro groups is 1. The van der Waals surface area contributed by atoms with Crippen molar-refractivity contribution in [2.45, 2.75) is 0 Å². The molecule has 58 valence electrons. The van der Waals surface area contributed by atoms with Crippen LogP contribution in [0.4, 0.5) is 5.82 Å². The lowest BCUT2D eigenvalue weighted by Gasteiger charge is -1.87. The monoisotopic (exact) mass is 171 g/mol. The molecule has 1 aromatic heterocycles. The van der Waals surface area contributed by atoms with Gasteiger partial charge in [-0.2, -0.15) is 0 Å². The molecular weight excluding hydrogens is 166 g/mol. The average molecular weight is 171 g/mol. The topological polar surface area (TPSA) is 84.9 Å². The van der Waals surface area contributed by atoms with Gasteiger partial charge in [0.15, 0.2) is 5.69 Å². The molecule has 1 rings (SSSR count). The van der Waals surface area contributed by atoms with E-state index in [-0.39, 0.29) is 10.8 Å². The predicted octanol–water partition coefficient (Wildman–Crippen LogP) is 0.557. The van der Waals surface area contributed by atoms with Crippen molar-refractivity contribution >= 4 is 23.0 Å². The van der Waals surface area contributed by atoms with Gasteiger partial charge in [-0.25, -0.2) is 4.98 Å². The number of H-pyrrole nitrogens is 1. The molecule has 0 spiro atoms. The van der Waals surface area contributed by atoms with Gasteiger partial charge < -0.3 is 15.8 Å². The molecule has 0 radical (unpaired) electrons. The van der Waals surface area contributed by atoms with Crippen molar-refractivity contribution in [1.82, 2.24) is 4.98 Å². The number of hydrogen-bond donors (Lipinski definition) is 2. The molecule has 0 aliphatic rings. The average Bonchev–Trinajstić information content (AvgIpc) is 2.33. The van der Waals surface area contributed by atoms with Crippen LogP contribution in [0.1, 0.15) is 5.69 Å². The molecule has 0 atom stereocenters. The van der Waals surface area contributed by atoms with Crippen LogP contribution in [0.25, 0.3) is 0 Å². The third-order valence-electron chi connectivity index (χ3n) is 1.13. The lowest BCUT2D eigenvalue weighted by molar-refractivity contribution is -0.389. The Hall–Kier alpha value is -1.43. The van der Waals surface area contributed by atoms with Crippen LogP contribution in [0.5, 0.6) is 0 Å². The molecular formula is C5H5N3O2S. The van der Waals surface area contributed by atoms with Gasteiger partial charge in [0, 0.05) is 6.07 Å². The van der Waals surface area contributed by atoms with Crippen molar-refractivity contribution in [2.75, 3.05) is 0 Å². The second kappa shape index (κ2) is 2.67. The van der Waals surface area contributed by atoms with E-state index in [1.807, 2.05) is 0 Å². The zero-order valence-electron chi connectivity index (χ0n) is 5.40. The van der Waals surface area contributed by atoms with Crippen molar-refractivity contribution in [3.05, 3.63) is 27.9 Å². The predicted molar refractivity (Wildman–Crippen MR) is 43.3 cm³/mol. The van der Waals surface area contributed by atoms with E-state index in [9.17, 15) is 10.1 Å². The molecule has 0 amide bonds. The molecule has 5 nitrogen and oxygen atoms in total. The molecule has 11 heavy (non-hydrogen) atoms. The van der Waals surface area contributed by atoms with Gasteiger partial charge in [-0.05, 0) is 11.0 Å². The lowest BCUT2D eigenvalue weighted by Crippen LogP contribution is -2.09. The van der Waals surface area contributed by atoms with Crippen LogP contribution in [0.15, 0.2) is 12.1 Å². The van der Waals surface area contributed by atoms with E-state index in [0.717, 1.165) is 0 Å². The number of nitrogens with two attached hydrogens (primary N) is 1. The summed E-state index contributed by atoms with van der Waals surface area (Å²) in [5.41, 5.74) is 5.61. The number of rotatable bonds is 2.